The first-order chi connectivity index (χ1) is 11.7. The summed E-state index contributed by atoms with van der Waals surface area (Å²) in [6, 6.07) is 7.75. The van der Waals surface area contributed by atoms with Gasteiger partial charge in [0.25, 0.3) is 0 Å². The molecule has 2 aromatic rings. The Morgan fingerprint density at radius 1 is 1.33 bits per heavy atom. The number of aromatic nitrogens is 1. The smallest absolute Gasteiger partial charge is 0.224 e. The molecule has 1 amide bonds. The number of rotatable bonds is 7. The van der Waals surface area contributed by atoms with Gasteiger partial charge >= 0.3 is 0 Å². The van der Waals surface area contributed by atoms with Gasteiger partial charge in [0.15, 0.2) is 0 Å². The number of hydrogen-bond acceptors (Lipinski definition) is 4. The molecule has 4 nitrogen and oxygen atoms in total. The molecule has 6 heteroatoms. The number of nitrogens with one attached hydrogen (secondary N) is 1. The first kappa shape index (κ1) is 15.9. The van der Waals surface area contributed by atoms with Crippen molar-refractivity contribution in [3.63, 3.8) is 0 Å². The van der Waals surface area contributed by atoms with Gasteiger partial charge in [0, 0.05) is 35.5 Å². The first-order valence-corrected chi connectivity index (χ1v) is 9.49. The zero-order valence-electron chi connectivity index (χ0n) is 13.2. The molecule has 4 rings (SSSR count). The van der Waals surface area contributed by atoms with Crippen molar-refractivity contribution in [3.8, 4) is 5.88 Å². The van der Waals surface area contributed by atoms with E-state index in [0.717, 1.165) is 28.8 Å². The average molecular weight is 363 g/mol. The van der Waals surface area contributed by atoms with Crippen molar-refractivity contribution in [2.24, 2.45) is 11.8 Å². The molecule has 0 saturated heterocycles. The van der Waals surface area contributed by atoms with Crippen LogP contribution in [0.2, 0.25) is 4.34 Å². The van der Waals surface area contributed by atoms with Crippen LogP contribution in [0.3, 0.4) is 0 Å². The standard InChI is InChI=1S/C18H19ClN2O2S/c19-16-5-4-15(24-16)13-7-14(13)18(22)21-9-12-3-6-17(20-8-12)23-10-11-1-2-11/h3-6,8,11,13-14H,1-2,7,9-10H2,(H,21,22)/t13-,14-/m1/s1. The van der Waals surface area contributed by atoms with Gasteiger partial charge in [-0.3, -0.25) is 4.79 Å². The number of amides is 1. The van der Waals surface area contributed by atoms with Crippen molar-refractivity contribution in [1.29, 1.82) is 0 Å². The summed E-state index contributed by atoms with van der Waals surface area (Å²) in [6.07, 6.45) is 5.22. The number of carbonyl (C=O) groups is 1. The Bertz CT molecular complexity index is 727. The maximum absolute atomic E-state index is 12.2. The van der Waals surface area contributed by atoms with Gasteiger partial charge in [0.05, 0.1) is 10.9 Å². The third-order valence-corrected chi connectivity index (χ3v) is 5.88. The number of carbonyl (C=O) groups excluding carboxylic acids is 1. The molecule has 0 bridgehead atoms. The summed E-state index contributed by atoms with van der Waals surface area (Å²) in [5, 5.41) is 3.00. The lowest BCUT2D eigenvalue weighted by atomic mass is 10.2. The van der Waals surface area contributed by atoms with Gasteiger partial charge in [-0.15, -0.1) is 11.3 Å². The molecule has 0 unspecified atom stereocenters. The molecule has 2 saturated carbocycles. The topological polar surface area (TPSA) is 51.2 Å². The average Bonchev–Trinajstić information content (AvgIpc) is 3.51. The maximum atomic E-state index is 12.2. The molecule has 126 valence electrons. The number of pyridine rings is 1. The lowest BCUT2D eigenvalue weighted by Gasteiger charge is -2.07. The highest BCUT2D eigenvalue weighted by Gasteiger charge is 2.44. The van der Waals surface area contributed by atoms with Crippen LogP contribution < -0.4 is 10.1 Å². The molecular weight excluding hydrogens is 344 g/mol. The molecule has 2 aromatic heterocycles. The van der Waals surface area contributed by atoms with Crippen LogP contribution in [0.4, 0.5) is 0 Å². The van der Waals surface area contributed by atoms with Crippen molar-refractivity contribution in [1.82, 2.24) is 10.3 Å². The monoisotopic (exact) mass is 362 g/mol. The van der Waals surface area contributed by atoms with Gasteiger partial charge in [-0.1, -0.05) is 17.7 Å². The van der Waals surface area contributed by atoms with E-state index in [9.17, 15) is 4.79 Å². The number of ether oxygens (including phenoxy) is 1. The van der Waals surface area contributed by atoms with Crippen molar-refractivity contribution < 1.29 is 9.53 Å². The Hall–Kier alpha value is -1.59. The van der Waals surface area contributed by atoms with Crippen molar-refractivity contribution in [2.45, 2.75) is 31.7 Å². The summed E-state index contributed by atoms with van der Waals surface area (Å²) in [7, 11) is 0. The zero-order valence-corrected chi connectivity index (χ0v) is 14.8. The van der Waals surface area contributed by atoms with Gasteiger partial charge in [0.2, 0.25) is 11.8 Å². The van der Waals surface area contributed by atoms with E-state index in [1.54, 1.807) is 17.5 Å². The molecule has 2 aliphatic rings. The van der Waals surface area contributed by atoms with E-state index in [4.69, 9.17) is 16.3 Å². The highest BCUT2D eigenvalue weighted by atomic mass is 35.5. The second kappa shape index (κ2) is 6.73. The minimum absolute atomic E-state index is 0.0776. The van der Waals surface area contributed by atoms with Crippen LogP contribution in [0.1, 0.15) is 35.6 Å². The van der Waals surface area contributed by atoms with E-state index in [0.29, 0.717) is 18.3 Å². The quantitative estimate of drug-likeness (QED) is 0.809. The highest BCUT2D eigenvalue weighted by molar-refractivity contribution is 7.16. The molecule has 0 aliphatic heterocycles. The maximum Gasteiger partial charge on any atom is 0.224 e. The van der Waals surface area contributed by atoms with E-state index >= 15 is 0 Å². The predicted molar refractivity (Wildman–Crippen MR) is 94.5 cm³/mol. The normalized spacial score (nSPS) is 22.2. The fourth-order valence-corrected chi connectivity index (χ4v) is 3.98. The molecule has 0 aromatic carbocycles. The van der Waals surface area contributed by atoms with Crippen LogP contribution in [0, 0.1) is 11.8 Å². The molecule has 0 radical (unpaired) electrons. The zero-order chi connectivity index (χ0) is 16.5. The van der Waals surface area contributed by atoms with E-state index in [2.05, 4.69) is 10.3 Å². The molecular formula is C18H19ClN2O2S. The Morgan fingerprint density at radius 3 is 2.88 bits per heavy atom. The van der Waals surface area contributed by atoms with Gasteiger partial charge < -0.3 is 10.1 Å². The largest absolute Gasteiger partial charge is 0.477 e. The second-order valence-corrected chi connectivity index (χ2v) is 8.31. The summed E-state index contributed by atoms with van der Waals surface area (Å²) < 4.78 is 6.40. The second-order valence-electron chi connectivity index (χ2n) is 6.57. The highest BCUT2D eigenvalue weighted by Crippen LogP contribution is 2.50. The fourth-order valence-electron chi connectivity index (χ4n) is 2.74. The number of halogens is 1. The Morgan fingerprint density at radius 2 is 2.21 bits per heavy atom. The van der Waals surface area contributed by atoms with Crippen molar-refractivity contribution in [2.75, 3.05) is 6.61 Å². The van der Waals surface area contributed by atoms with Gasteiger partial charge in [-0.05, 0) is 42.9 Å². The van der Waals surface area contributed by atoms with E-state index < -0.39 is 0 Å². The first-order valence-electron chi connectivity index (χ1n) is 8.30. The van der Waals surface area contributed by atoms with Gasteiger partial charge in [-0.25, -0.2) is 4.98 Å². The van der Waals surface area contributed by atoms with Crippen molar-refractivity contribution in [3.05, 3.63) is 45.2 Å². The summed E-state index contributed by atoms with van der Waals surface area (Å²) in [6.45, 7) is 1.27. The minimum atomic E-state index is 0.0776. The lowest BCUT2D eigenvalue weighted by molar-refractivity contribution is -0.122. The third kappa shape index (κ3) is 3.90. The van der Waals surface area contributed by atoms with Gasteiger partial charge in [-0.2, -0.15) is 0 Å². The summed E-state index contributed by atoms with van der Waals surface area (Å²) in [4.78, 5) is 17.7. The molecule has 2 atom stereocenters. The Balaban J connectivity index is 1.23. The summed E-state index contributed by atoms with van der Waals surface area (Å²) in [5.74, 6) is 1.90. The van der Waals surface area contributed by atoms with Gasteiger partial charge in [0.1, 0.15) is 0 Å². The molecule has 2 heterocycles. The number of hydrogen-bond donors (Lipinski definition) is 1. The molecule has 2 aliphatic carbocycles. The SMILES string of the molecule is O=C(NCc1ccc(OCC2CC2)nc1)[C@@H]1C[C@H]1c1ccc(Cl)s1. The fraction of sp³-hybridized carbons (Fsp3) is 0.444. The van der Waals surface area contributed by atoms with Crippen LogP contribution >= 0.6 is 22.9 Å². The predicted octanol–water partition coefficient (Wildman–Crippen LogP) is 4.01. The molecule has 0 spiro atoms. The summed E-state index contributed by atoms with van der Waals surface area (Å²) in [5.41, 5.74) is 0.985. The number of nitrogens with zero attached hydrogens (tertiary/aromatic N) is 1. The number of thiophene rings is 1. The minimum Gasteiger partial charge on any atom is -0.477 e. The van der Waals surface area contributed by atoms with Crippen LogP contribution in [0.25, 0.3) is 0 Å². The van der Waals surface area contributed by atoms with Crippen LogP contribution in [0.15, 0.2) is 30.5 Å². The van der Waals surface area contributed by atoms with Crippen LogP contribution in [-0.2, 0) is 11.3 Å². The Kier molecular flexibility index (Phi) is 4.46. The summed E-state index contributed by atoms with van der Waals surface area (Å²) >= 11 is 7.53. The molecule has 24 heavy (non-hydrogen) atoms. The van der Waals surface area contributed by atoms with Crippen LogP contribution in [0.5, 0.6) is 5.88 Å². The third-order valence-electron chi connectivity index (χ3n) is 4.51. The lowest BCUT2D eigenvalue weighted by Crippen LogP contribution is -2.24. The van der Waals surface area contributed by atoms with Crippen LogP contribution in [-0.4, -0.2) is 17.5 Å². The molecule has 1 N–H and O–H groups in total. The van der Waals surface area contributed by atoms with E-state index in [1.807, 2.05) is 24.3 Å². The van der Waals surface area contributed by atoms with E-state index in [1.165, 1.54) is 17.7 Å². The molecule has 2 fully saturated rings. The van der Waals surface area contributed by atoms with Crippen molar-refractivity contribution >= 4 is 28.8 Å². The van der Waals surface area contributed by atoms with E-state index in [-0.39, 0.29) is 11.8 Å². The Labute approximate surface area is 150 Å².